The van der Waals surface area contributed by atoms with Gasteiger partial charge in [0.05, 0.1) is 5.52 Å². The SMILES string of the molecule is O=C(c1ccccc1)N1CCCN(C(=O)c2ccc3oc(=O)[nH]c3c2)CC1. The highest BCUT2D eigenvalue weighted by Gasteiger charge is 2.23. The average molecular weight is 365 g/mol. The summed E-state index contributed by atoms with van der Waals surface area (Å²) in [5.41, 5.74) is 2.07. The van der Waals surface area contributed by atoms with Crippen LogP contribution in [0.4, 0.5) is 0 Å². The van der Waals surface area contributed by atoms with Crippen molar-refractivity contribution in [1.29, 1.82) is 0 Å². The molecule has 138 valence electrons. The van der Waals surface area contributed by atoms with Gasteiger partial charge in [-0.15, -0.1) is 0 Å². The van der Waals surface area contributed by atoms with E-state index in [9.17, 15) is 14.4 Å². The summed E-state index contributed by atoms with van der Waals surface area (Å²) in [4.78, 5) is 42.9. The normalized spacial score (nSPS) is 15.0. The Balaban J connectivity index is 1.47. The number of nitrogens with one attached hydrogen (secondary N) is 1. The third-order valence-electron chi connectivity index (χ3n) is 4.76. The maximum absolute atomic E-state index is 12.8. The molecule has 1 fully saturated rings. The van der Waals surface area contributed by atoms with Gasteiger partial charge in [0.2, 0.25) is 0 Å². The van der Waals surface area contributed by atoms with Gasteiger partial charge in [0.25, 0.3) is 11.8 Å². The smallest absolute Gasteiger partial charge is 0.408 e. The lowest BCUT2D eigenvalue weighted by molar-refractivity contribution is 0.0719. The van der Waals surface area contributed by atoms with Crippen molar-refractivity contribution in [1.82, 2.24) is 14.8 Å². The van der Waals surface area contributed by atoms with Crippen molar-refractivity contribution in [3.05, 3.63) is 70.2 Å². The number of aromatic nitrogens is 1. The van der Waals surface area contributed by atoms with E-state index in [1.165, 1.54) is 0 Å². The number of rotatable bonds is 2. The van der Waals surface area contributed by atoms with Crippen molar-refractivity contribution < 1.29 is 14.0 Å². The van der Waals surface area contributed by atoms with Gasteiger partial charge in [-0.2, -0.15) is 0 Å². The predicted octanol–water partition coefficient (Wildman–Crippen LogP) is 2.11. The van der Waals surface area contributed by atoms with E-state index < -0.39 is 5.76 Å². The van der Waals surface area contributed by atoms with Crippen LogP contribution in [0, 0.1) is 0 Å². The van der Waals surface area contributed by atoms with Gasteiger partial charge >= 0.3 is 5.76 Å². The molecule has 1 aliphatic heterocycles. The molecule has 7 nitrogen and oxygen atoms in total. The molecule has 0 unspecified atom stereocenters. The number of hydrogen-bond acceptors (Lipinski definition) is 4. The molecular weight excluding hydrogens is 346 g/mol. The number of benzene rings is 2. The van der Waals surface area contributed by atoms with Crippen molar-refractivity contribution >= 4 is 22.9 Å². The second kappa shape index (κ2) is 7.11. The van der Waals surface area contributed by atoms with E-state index in [4.69, 9.17) is 4.42 Å². The lowest BCUT2D eigenvalue weighted by atomic mass is 10.1. The van der Waals surface area contributed by atoms with Crippen LogP contribution in [0.15, 0.2) is 57.7 Å². The molecule has 1 aliphatic rings. The first-order chi connectivity index (χ1) is 13.1. The predicted molar refractivity (Wildman–Crippen MR) is 99.7 cm³/mol. The van der Waals surface area contributed by atoms with Gasteiger partial charge < -0.3 is 14.2 Å². The molecule has 7 heteroatoms. The molecule has 3 aromatic rings. The van der Waals surface area contributed by atoms with Crippen molar-refractivity contribution in [2.45, 2.75) is 6.42 Å². The maximum Gasteiger partial charge on any atom is 0.417 e. The van der Waals surface area contributed by atoms with Crippen molar-refractivity contribution in [3.63, 3.8) is 0 Å². The Morgan fingerprint density at radius 2 is 1.52 bits per heavy atom. The van der Waals surface area contributed by atoms with Crippen molar-refractivity contribution in [2.75, 3.05) is 26.2 Å². The zero-order valence-electron chi connectivity index (χ0n) is 14.7. The minimum absolute atomic E-state index is 0.0118. The van der Waals surface area contributed by atoms with Gasteiger partial charge in [0, 0.05) is 37.3 Å². The number of H-pyrrole nitrogens is 1. The number of hydrogen-bond donors (Lipinski definition) is 1. The fourth-order valence-electron chi connectivity index (χ4n) is 3.35. The Kier molecular flexibility index (Phi) is 4.50. The van der Waals surface area contributed by atoms with Crippen LogP contribution in [0.25, 0.3) is 11.1 Å². The fourth-order valence-corrected chi connectivity index (χ4v) is 3.35. The van der Waals surface area contributed by atoms with Gasteiger partial charge in [-0.3, -0.25) is 14.6 Å². The van der Waals surface area contributed by atoms with Crippen LogP contribution in [0.1, 0.15) is 27.1 Å². The second-order valence-corrected chi connectivity index (χ2v) is 6.53. The largest absolute Gasteiger partial charge is 0.417 e. The highest BCUT2D eigenvalue weighted by atomic mass is 16.4. The third kappa shape index (κ3) is 3.48. The van der Waals surface area contributed by atoms with Crippen LogP contribution in [0.2, 0.25) is 0 Å². The highest BCUT2D eigenvalue weighted by Crippen LogP contribution is 2.16. The number of carbonyl (C=O) groups is 2. The van der Waals surface area contributed by atoms with Crippen LogP contribution >= 0.6 is 0 Å². The molecule has 2 amide bonds. The molecule has 0 spiro atoms. The summed E-state index contributed by atoms with van der Waals surface area (Å²) in [6.45, 7) is 2.16. The molecule has 2 heterocycles. The number of fused-ring (bicyclic) bond motifs is 1. The summed E-state index contributed by atoms with van der Waals surface area (Å²) in [5.74, 6) is -0.672. The Morgan fingerprint density at radius 1 is 0.852 bits per heavy atom. The lowest BCUT2D eigenvalue weighted by Crippen LogP contribution is -2.37. The van der Waals surface area contributed by atoms with E-state index in [1.54, 1.807) is 40.1 Å². The first-order valence-electron chi connectivity index (χ1n) is 8.88. The van der Waals surface area contributed by atoms with E-state index in [-0.39, 0.29) is 11.8 Å². The van der Waals surface area contributed by atoms with Crippen LogP contribution in [0.5, 0.6) is 0 Å². The van der Waals surface area contributed by atoms with Crippen molar-refractivity contribution in [2.24, 2.45) is 0 Å². The summed E-state index contributed by atoms with van der Waals surface area (Å²) in [7, 11) is 0. The van der Waals surface area contributed by atoms with Gasteiger partial charge in [0.15, 0.2) is 5.58 Å². The molecule has 0 saturated carbocycles. The van der Waals surface area contributed by atoms with Gasteiger partial charge in [-0.1, -0.05) is 18.2 Å². The van der Waals surface area contributed by atoms with E-state index in [0.717, 1.165) is 6.42 Å². The third-order valence-corrected chi connectivity index (χ3v) is 4.76. The van der Waals surface area contributed by atoms with Gasteiger partial charge in [0.1, 0.15) is 0 Å². The first kappa shape index (κ1) is 17.1. The van der Waals surface area contributed by atoms with E-state index >= 15 is 0 Å². The molecule has 2 aromatic carbocycles. The summed E-state index contributed by atoms with van der Waals surface area (Å²) in [6.07, 6.45) is 0.717. The second-order valence-electron chi connectivity index (χ2n) is 6.53. The molecule has 1 saturated heterocycles. The standard InChI is InChI=1S/C20H19N3O4/c24-18(14-5-2-1-3-6-14)22-9-4-10-23(12-11-22)19(25)15-7-8-17-16(13-15)21-20(26)27-17/h1-3,5-8,13H,4,9-12H2,(H,21,26). The molecule has 0 aliphatic carbocycles. The molecule has 4 rings (SSSR count). The number of oxazole rings is 1. The van der Waals surface area contributed by atoms with Crippen LogP contribution in [0.3, 0.4) is 0 Å². The molecule has 1 N–H and O–H groups in total. The number of carbonyl (C=O) groups excluding carboxylic acids is 2. The summed E-state index contributed by atoms with van der Waals surface area (Å²) in [5, 5.41) is 0. The summed E-state index contributed by atoms with van der Waals surface area (Å²) >= 11 is 0. The first-order valence-corrected chi connectivity index (χ1v) is 8.88. The Bertz CT molecular complexity index is 1040. The average Bonchev–Trinajstić information content (AvgIpc) is 2.90. The van der Waals surface area contributed by atoms with E-state index in [2.05, 4.69) is 4.98 Å². The number of aromatic amines is 1. The Hall–Kier alpha value is -3.35. The monoisotopic (exact) mass is 365 g/mol. The number of amides is 2. The van der Waals surface area contributed by atoms with Gasteiger partial charge in [-0.25, -0.2) is 4.79 Å². The molecule has 27 heavy (non-hydrogen) atoms. The molecular formula is C20H19N3O4. The molecule has 0 atom stereocenters. The van der Waals surface area contributed by atoms with Crippen LogP contribution < -0.4 is 5.76 Å². The maximum atomic E-state index is 12.8. The lowest BCUT2D eigenvalue weighted by Gasteiger charge is -2.22. The molecule has 1 aromatic heterocycles. The van der Waals surface area contributed by atoms with Crippen LogP contribution in [-0.2, 0) is 0 Å². The van der Waals surface area contributed by atoms with E-state index in [0.29, 0.717) is 48.4 Å². The highest BCUT2D eigenvalue weighted by molar-refractivity contribution is 5.97. The number of nitrogens with zero attached hydrogens (tertiary/aromatic N) is 2. The quantitative estimate of drug-likeness (QED) is 0.754. The topological polar surface area (TPSA) is 86.6 Å². The Morgan fingerprint density at radius 3 is 2.22 bits per heavy atom. The Labute approximate surface area is 155 Å². The summed E-state index contributed by atoms with van der Waals surface area (Å²) < 4.78 is 4.97. The molecule has 0 radical (unpaired) electrons. The van der Waals surface area contributed by atoms with E-state index in [1.807, 2.05) is 18.2 Å². The minimum Gasteiger partial charge on any atom is -0.408 e. The minimum atomic E-state index is -0.542. The fraction of sp³-hybridized carbons (Fsp3) is 0.250. The van der Waals surface area contributed by atoms with Crippen LogP contribution in [-0.4, -0.2) is 52.8 Å². The summed E-state index contributed by atoms with van der Waals surface area (Å²) in [6, 6.07) is 14.1. The zero-order chi connectivity index (χ0) is 18.8. The van der Waals surface area contributed by atoms with Crippen molar-refractivity contribution in [3.8, 4) is 0 Å². The molecule has 0 bridgehead atoms. The van der Waals surface area contributed by atoms with Gasteiger partial charge in [-0.05, 0) is 36.8 Å². The zero-order valence-corrected chi connectivity index (χ0v) is 14.7.